The standard InChI is InChI=1S/C24H27N5O3/c1-16(2)23-19(13-20-24(32)29(17(3)30)14-22(31)26-20)25-15-28(23)11-6-10-27-12-9-18-7-4-5-8-21(18)27/h4-5,7-9,12-13,15-16H,6,10-11,14H2,1-3H3,(H,26,31)/b20-13-. The number of hydrogen-bond donors (Lipinski definition) is 1. The van der Waals surface area contributed by atoms with Gasteiger partial charge in [0, 0.05) is 37.4 Å². The van der Waals surface area contributed by atoms with Crippen LogP contribution in [-0.4, -0.2) is 43.3 Å². The van der Waals surface area contributed by atoms with Crippen LogP contribution in [0, 0.1) is 0 Å². The Kier molecular flexibility index (Phi) is 5.94. The van der Waals surface area contributed by atoms with E-state index in [4.69, 9.17) is 0 Å². The van der Waals surface area contributed by atoms with Crippen molar-refractivity contribution in [1.82, 2.24) is 24.3 Å². The number of rotatable bonds is 6. The number of nitrogens with one attached hydrogen (secondary N) is 1. The Labute approximate surface area is 186 Å². The van der Waals surface area contributed by atoms with Gasteiger partial charge in [0.25, 0.3) is 5.91 Å². The summed E-state index contributed by atoms with van der Waals surface area (Å²) in [5.41, 5.74) is 2.90. The lowest BCUT2D eigenvalue weighted by atomic mass is 10.1. The van der Waals surface area contributed by atoms with Gasteiger partial charge in [-0.3, -0.25) is 19.3 Å². The predicted molar refractivity (Wildman–Crippen MR) is 121 cm³/mol. The first-order valence-corrected chi connectivity index (χ1v) is 10.8. The van der Waals surface area contributed by atoms with Crippen molar-refractivity contribution in [2.24, 2.45) is 0 Å². The highest BCUT2D eigenvalue weighted by atomic mass is 16.2. The van der Waals surface area contributed by atoms with Crippen LogP contribution in [0.2, 0.25) is 0 Å². The maximum Gasteiger partial charge on any atom is 0.277 e. The van der Waals surface area contributed by atoms with Gasteiger partial charge in [-0.25, -0.2) is 4.98 Å². The van der Waals surface area contributed by atoms with Crippen LogP contribution in [0.4, 0.5) is 0 Å². The SMILES string of the molecule is CC(=O)N1CC(=O)N/C(=C\c2ncn(CCCn3ccc4ccccc43)c2C(C)C)C1=O. The zero-order valence-electron chi connectivity index (χ0n) is 18.5. The molecule has 166 valence electrons. The maximum absolute atomic E-state index is 12.6. The number of piperazine rings is 1. The third-order valence-electron chi connectivity index (χ3n) is 5.65. The van der Waals surface area contributed by atoms with E-state index in [9.17, 15) is 14.4 Å². The minimum atomic E-state index is -0.513. The van der Waals surface area contributed by atoms with E-state index in [-0.39, 0.29) is 18.2 Å². The van der Waals surface area contributed by atoms with E-state index in [1.54, 1.807) is 12.4 Å². The lowest BCUT2D eigenvalue weighted by molar-refractivity contribution is -0.147. The summed E-state index contributed by atoms with van der Waals surface area (Å²) in [5, 5.41) is 3.81. The van der Waals surface area contributed by atoms with Gasteiger partial charge >= 0.3 is 0 Å². The van der Waals surface area contributed by atoms with E-state index in [1.165, 1.54) is 17.8 Å². The third-order valence-corrected chi connectivity index (χ3v) is 5.65. The summed E-state index contributed by atoms with van der Waals surface area (Å²) >= 11 is 0. The number of aryl methyl sites for hydroxylation is 2. The van der Waals surface area contributed by atoms with Gasteiger partial charge in [0.2, 0.25) is 11.8 Å². The van der Waals surface area contributed by atoms with Gasteiger partial charge in [0.15, 0.2) is 0 Å². The van der Waals surface area contributed by atoms with Crippen LogP contribution in [0.1, 0.15) is 44.5 Å². The first-order valence-electron chi connectivity index (χ1n) is 10.8. The number of carbonyl (C=O) groups is 3. The zero-order chi connectivity index (χ0) is 22.8. The molecule has 1 aliphatic rings. The fourth-order valence-electron chi connectivity index (χ4n) is 4.16. The first kappa shape index (κ1) is 21.5. The molecule has 0 aliphatic carbocycles. The van der Waals surface area contributed by atoms with Crippen molar-refractivity contribution in [3.8, 4) is 0 Å². The van der Waals surface area contributed by atoms with Gasteiger partial charge in [0.05, 0.1) is 12.0 Å². The van der Waals surface area contributed by atoms with Crippen molar-refractivity contribution in [1.29, 1.82) is 0 Å². The average Bonchev–Trinajstić information content (AvgIpc) is 3.34. The second-order valence-corrected chi connectivity index (χ2v) is 8.30. The Morgan fingerprint density at radius 2 is 1.91 bits per heavy atom. The van der Waals surface area contributed by atoms with Crippen LogP contribution >= 0.6 is 0 Å². The van der Waals surface area contributed by atoms with Gasteiger partial charge in [-0.15, -0.1) is 0 Å². The summed E-state index contributed by atoms with van der Waals surface area (Å²) in [6.07, 6.45) is 6.36. The number of hydrogen-bond acceptors (Lipinski definition) is 4. The monoisotopic (exact) mass is 433 g/mol. The smallest absolute Gasteiger partial charge is 0.277 e. The molecular formula is C24H27N5O3. The molecule has 32 heavy (non-hydrogen) atoms. The van der Waals surface area contributed by atoms with Crippen molar-refractivity contribution in [2.75, 3.05) is 6.54 Å². The average molecular weight is 434 g/mol. The topological polar surface area (TPSA) is 89.2 Å². The third kappa shape index (κ3) is 4.21. The molecule has 3 aromatic rings. The summed E-state index contributed by atoms with van der Waals surface area (Å²) in [6, 6.07) is 10.4. The minimum absolute atomic E-state index is 0.0717. The molecule has 2 aromatic heterocycles. The van der Waals surface area contributed by atoms with Crippen molar-refractivity contribution in [3.63, 3.8) is 0 Å². The number of nitrogens with zero attached hydrogens (tertiary/aromatic N) is 4. The van der Waals surface area contributed by atoms with Crippen LogP contribution in [0.3, 0.4) is 0 Å². The molecule has 0 atom stereocenters. The Morgan fingerprint density at radius 1 is 1.16 bits per heavy atom. The van der Waals surface area contributed by atoms with Crippen molar-refractivity contribution in [2.45, 2.75) is 46.2 Å². The van der Waals surface area contributed by atoms with E-state index in [0.29, 0.717) is 5.69 Å². The van der Waals surface area contributed by atoms with Gasteiger partial charge in [-0.1, -0.05) is 32.0 Å². The number of imide groups is 1. The minimum Gasteiger partial charge on any atom is -0.347 e. The molecular weight excluding hydrogens is 406 g/mol. The van der Waals surface area contributed by atoms with E-state index < -0.39 is 17.7 Å². The molecule has 0 unspecified atom stereocenters. The van der Waals surface area contributed by atoms with Crippen LogP contribution in [-0.2, 0) is 27.5 Å². The zero-order valence-corrected chi connectivity index (χ0v) is 18.5. The maximum atomic E-state index is 12.6. The number of aromatic nitrogens is 3. The number of fused-ring (bicyclic) bond motifs is 1. The Balaban J connectivity index is 1.53. The van der Waals surface area contributed by atoms with Gasteiger partial charge < -0.3 is 14.5 Å². The second-order valence-electron chi connectivity index (χ2n) is 8.30. The molecule has 1 aromatic carbocycles. The highest BCUT2D eigenvalue weighted by Crippen LogP contribution is 2.23. The summed E-state index contributed by atoms with van der Waals surface area (Å²) < 4.78 is 4.34. The predicted octanol–water partition coefficient (Wildman–Crippen LogP) is 2.90. The fourth-order valence-corrected chi connectivity index (χ4v) is 4.16. The summed E-state index contributed by atoms with van der Waals surface area (Å²) in [5.74, 6) is -1.20. The quantitative estimate of drug-likeness (QED) is 0.606. The van der Waals surface area contributed by atoms with Gasteiger partial charge in [0.1, 0.15) is 12.2 Å². The van der Waals surface area contributed by atoms with Crippen LogP contribution in [0.5, 0.6) is 0 Å². The molecule has 0 saturated carbocycles. The molecule has 4 rings (SSSR count). The van der Waals surface area contributed by atoms with Gasteiger partial charge in [-0.05, 0) is 35.9 Å². The number of amides is 3. The highest BCUT2D eigenvalue weighted by Gasteiger charge is 2.31. The first-order chi connectivity index (χ1) is 15.3. The van der Waals surface area contributed by atoms with Gasteiger partial charge in [-0.2, -0.15) is 0 Å². The number of carbonyl (C=O) groups excluding carboxylic acids is 3. The van der Waals surface area contributed by atoms with E-state index in [2.05, 4.69) is 57.7 Å². The lowest BCUT2D eigenvalue weighted by Crippen LogP contribution is -2.51. The van der Waals surface area contributed by atoms with Crippen LogP contribution in [0.15, 0.2) is 48.6 Å². The molecule has 0 bridgehead atoms. The van der Waals surface area contributed by atoms with Crippen LogP contribution in [0.25, 0.3) is 17.0 Å². The molecule has 3 heterocycles. The molecule has 1 aliphatic heterocycles. The van der Waals surface area contributed by atoms with E-state index in [0.717, 1.165) is 30.1 Å². The lowest BCUT2D eigenvalue weighted by Gasteiger charge is -2.25. The second kappa shape index (κ2) is 8.82. The molecule has 8 nitrogen and oxygen atoms in total. The summed E-state index contributed by atoms with van der Waals surface area (Å²) in [4.78, 5) is 41.7. The van der Waals surface area contributed by atoms with E-state index >= 15 is 0 Å². The number of imidazole rings is 1. The molecule has 3 amide bonds. The van der Waals surface area contributed by atoms with Crippen molar-refractivity contribution in [3.05, 3.63) is 59.9 Å². The fraction of sp³-hybridized carbons (Fsp3) is 0.333. The highest BCUT2D eigenvalue weighted by molar-refractivity contribution is 6.12. The Morgan fingerprint density at radius 3 is 2.66 bits per heavy atom. The summed E-state index contributed by atoms with van der Waals surface area (Å²) in [6.45, 7) is 6.80. The molecule has 8 heteroatoms. The molecule has 1 fully saturated rings. The number of para-hydroxylation sites is 1. The Bertz CT molecular complexity index is 1220. The van der Waals surface area contributed by atoms with E-state index in [1.807, 2.05) is 12.1 Å². The number of benzene rings is 1. The van der Waals surface area contributed by atoms with Crippen LogP contribution < -0.4 is 5.32 Å². The molecule has 0 spiro atoms. The molecule has 1 N–H and O–H groups in total. The molecule has 0 radical (unpaired) electrons. The van der Waals surface area contributed by atoms with Crippen molar-refractivity contribution >= 4 is 34.7 Å². The molecule has 1 saturated heterocycles. The summed E-state index contributed by atoms with van der Waals surface area (Å²) in [7, 11) is 0. The largest absolute Gasteiger partial charge is 0.347 e. The Hall–Kier alpha value is -3.68. The normalized spacial score (nSPS) is 15.8. The van der Waals surface area contributed by atoms with Crippen molar-refractivity contribution < 1.29 is 14.4 Å².